The lowest BCUT2D eigenvalue weighted by molar-refractivity contribution is 0.162. The summed E-state index contributed by atoms with van der Waals surface area (Å²) in [5.41, 5.74) is 3.54. The standard InChI is InChI=1S/C13H21BrN2S/c1-13(2)6-3-9(4-7-13)11(16-15)12-10(14)5-8-17-12/h5,8-9,11,16H,3-4,6-7,15H2,1-2H3. The van der Waals surface area contributed by atoms with Gasteiger partial charge in [-0.05, 0) is 64.4 Å². The lowest BCUT2D eigenvalue weighted by atomic mass is 9.71. The molecule has 0 saturated heterocycles. The Hall–Kier alpha value is 0.100. The second-order valence-electron chi connectivity index (χ2n) is 5.78. The Morgan fingerprint density at radius 2 is 2.12 bits per heavy atom. The Balaban J connectivity index is 2.08. The van der Waals surface area contributed by atoms with Crippen molar-refractivity contribution in [3.05, 3.63) is 20.8 Å². The van der Waals surface area contributed by atoms with Crippen LogP contribution < -0.4 is 11.3 Å². The predicted octanol–water partition coefficient (Wildman–Crippen LogP) is 4.23. The van der Waals surface area contributed by atoms with Gasteiger partial charge in [0.1, 0.15) is 0 Å². The molecule has 2 nitrogen and oxygen atoms in total. The molecule has 0 amide bonds. The summed E-state index contributed by atoms with van der Waals surface area (Å²) >= 11 is 5.40. The highest BCUT2D eigenvalue weighted by Crippen LogP contribution is 2.44. The minimum absolute atomic E-state index is 0.306. The van der Waals surface area contributed by atoms with Crippen molar-refractivity contribution in [2.24, 2.45) is 17.2 Å². The molecule has 2 rings (SSSR count). The van der Waals surface area contributed by atoms with Crippen LogP contribution in [0.2, 0.25) is 0 Å². The van der Waals surface area contributed by atoms with Gasteiger partial charge in [-0.25, -0.2) is 0 Å². The van der Waals surface area contributed by atoms with Crippen molar-refractivity contribution >= 4 is 27.3 Å². The van der Waals surface area contributed by atoms with E-state index in [0.29, 0.717) is 17.4 Å². The molecule has 1 saturated carbocycles. The van der Waals surface area contributed by atoms with Gasteiger partial charge in [0.2, 0.25) is 0 Å². The Morgan fingerprint density at radius 3 is 2.59 bits per heavy atom. The number of halogens is 1. The van der Waals surface area contributed by atoms with Gasteiger partial charge in [0.15, 0.2) is 0 Å². The summed E-state index contributed by atoms with van der Waals surface area (Å²) in [5, 5.41) is 2.12. The van der Waals surface area contributed by atoms with Gasteiger partial charge in [0, 0.05) is 9.35 Å². The van der Waals surface area contributed by atoms with Crippen LogP contribution in [-0.2, 0) is 0 Å². The van der Waals surface area contributed by atoms with Crippen LogP contribution in [0.1, 0.15) is 50.4 Å². The summed E-state index contributed by atoms with van der Waals surface area (Å²) in [4.78, 5) is 1.34. The zero-order valence-corrected chi connectivity index (χ0v) is 12.9. The van der Waals surface area contributed by atoms with E-state index in [1.54, 1.807) is 11.3 Å². The third-order valence-electron chi connectivity index (χ3n) is 3.96. The van der Waals surface area contributed by atoms with E-state index in [2.05, 4.69) is 46.6 Å². The van der Waals surface area contributed by atoms with Crippen molar-refractivity contribution in [2.75, 3.05) is 0 Å². The first-order chi connectivity index (χ1) is 8.03. The monoisotopic (exact) mass is 316 g/mol. The number of thiophene rings is 1. The van der Waals surface area contributed by atoms with E-state index < -0.39 is 0 Å². The molecule has 1 aliphatic rings. The molecular formula is C13H21BrN2S. The van der Waals surface area contributed by atoms with Crippen molar-refractivity contribution in [2.45, 2.75) is 45.6 Å². The van der Waals surface area contributed by atoms with E-state index >= 15 is 0 Å². The smallest absolute Gasteiger partial charge is 0.0592 e. The second kappa shape index (κ2) is 5.39. The van der Waals surface area contributed by atoms with Gasteiger partial charge >= 0.3 is 0 Å². The van der Waals surface area contributed by atoms with Gasteiger partial charge in [-0.1, -0.05) is 13.8 Å². The Bertz CT molecular complexity index is 365. The summed E-state index contributed by atoms with van der Waals surface area (Å²) in [6.45, 7) is 4.74. The molecule has 3 N–H and O–H groups in total. The van der Waals surface area contributed by atoms with E-state index in [-0.39, 0.29) is 0 Å². The summed E-state index contributed by atoms with van der Waals surface area (Å²) < 4.78 is 1.19. The highest BCUT2D eigenvalue weighted by molar-refractivity contribution is 9.10. The molecule has 1 fully saturated rings. The minimum atomic E-state index is 0.306. The Morgan fingerprint density at radius 1 is 1.47 bits per heavy atom. The lowest BCUT2D eigenvalue weighted by Crippen LogP contribution is -2.36. The van der Waals surface area contributed by atoms with Crippen molar-refractivity contribution in [3.8, 4) is 0 Å². The van der Waals surface area contributed by atoms with Crippen molar-refractivity contribution in [1.82, 2.24) is 5.43 Å². The van der Waals surface area contributed by atoms with Crippen LogP contribution in [0.4, 0.5) is 0 Å². The number of hydrogen-bond acceptors (Lipinski definition) is 3. The fraction of sp³-hybridized carbons (Fsp3) is 0.692. The number of nitrogens with one attached hydrogen (secondary N) is 1. The molecule has 1 atom stereocenters. The summed E-state index contributed by atoms with van der Waals surface area (Å²) in [6.07, 6.45) is 5.15. The van der Waals surface area contributed by atoms with Crippen LogP contribution in [0.5, 0.6) is 0 Å². The molecule has 17 heavy (non-hydrogen) atoms. The largest absolute Gasteiger partial charge is 0.271 e. The van der Waals surface area contributed by atoms with E-state index in [1.807, 2.05) is 0 Å². The third kappa shape index (κ3) is 3.11. The van der Waals surface area contributed by atoms with Crippen molar-refractivity contribution in [1.29, 1.82) is 0 Å². The third-order valence-corrected chi connectivity index (χ3v) is 5.92. The lowest BCUT2D eigenvalue weighted by Gasteiger charge is -2.37. The first-order valence-electron chi connectivity index (χ1n) is 6.22. The second-order valence-corrected chi connectivity index (χ2v) is 7.58. The van der Waals surface area contributed by atoms with Gasteiger partial charge in [-0.3, -0.25) is 11.3 Å². The van der Waals surface area contributed by atoms with Gasteiger partial charge in [0.05, 0.1) is 6.04 Å². The topological polar surface area (TPSA) is 38.0 Å². The number of hydrazine groups is 1. The summed E-state index contributed by atoms with van der Waals surface area (Å²) in [7, 11) is 0. The van der Waals surface area contributed by atoms with E-state index in [1.165, 1.54) is 35.0 Å². The quantitative estimate of drug-likeness (QED) is 0.647. The SMILES string of the molecule is CC1(C)CCC(C(NN)c2sccc2Br)CC1. The molecule has 1 heterocycles. The maximum atomic E-state index is 5.77. The van der Waals surface area contributed by atoms with E-state index in [4.69, 9.17) is 5.84 Å². The average Bonchev–Trinajstić information content (AvgIpc) is 2.69. The average molecular weight is 317 g/mol. The van der Waals surface area contributed by atoms with E-state index in [0.717, 1.165) is 0 Å². The molecule has 0 aromatic carbocycles. The van der Waals surface area contributed by atoms with Crippen LogP contribution in [0.25, 0.3) is 0 Å². The van der Waals surface area contributed by atoms with Crippen LogP contribution in [0.15, 0.2) is 15.9 Å². The molecule has 0 radical (unpaired) electrons. The molecule has 1 aromatic heterocycles. The molecule has 0 bridgehead atoms. The summed E-state index contributed by atoms with van der Waals surface area (Å²) in [6, 6.07) is 2.41. The van der Waals surface area contributed by atoms with Crippen LogP contribution in [0, 0.1) is 11.3 Å². The first kappa shape index (κ1) is 13.5. The molecule has 0 aliphatic heterocycles. The van der Waals surface area contributed by atoms with Crippen LogP contribution >= 0.6 is 27.3 Å². The fourth-order valence-electron chi connectivity index (χ4n) is 2.71. The number of rotatable bonds is 3. The van der Waals surface area contributed by atoms with Gasteiger partial charge in [-0.15, -0.1) is 11.3 Å². The maximum Gasteiger partial charge on any atom is 0.0592 e. The van der Waals surface area contributed by atoms with Crippen molar-refractivity contribution < 1.29 is 0 Å². The Labute approximate surface area is 116 Å². The van der Waals surface area contributed by atoms with Gasteiger partial charge in [0.25, 0.3) is 0 Å². The van der Waals surface area contributed by atoms with Gasteiger partial charge < -0.3 is 0 Å². The molecule has 0 spiro atoms. The highest BCUT2D eigenvalue weighted by Gasteiger charge is 2.32. The molecule has 1 aromatic rings. The van der Waals surface area contributed by atoms with E-state index in [9.17, 15) is 0 Å². The minimum Gasteiger partial charge on any atom is -0.271 e. The number of hydrogen-bond donors (Lipinski definition) is 2. The fourth-order valence-corrected chi connectivity index (χ4v) is 4.48. The molecule has 1 unspecified atom stereocenters. The molecular weight excluding hydrogens is 296 g/mol. The first-order valence-corrected chi connectivity index (χ1v) is 7.90. The van der Waals surface area contributed by atoms with Crippen molar-refractivity contribution in [3.63, 3.8) is 0 Å². The molecule has 1 aliphatic carbocycles. The summed E-state index contributed by atoms with van der Waals surface area (Å²) in [5.74, 6) is 6.44. The molecule has 4 heteroatoms. The normalized spacial score (nSPS) is 22.6. The Kier molecular flexibility index (Phi) is 4.29. The number of nitrogens with two attached hydrogens (primary N) is 1. The molecule has 96 valence electrons. The zero-order valence-electron chi connectivity index (χ0n) is 10.5. The zero-order chi connectivity index (χ0) is 12.5. The maximum absolute atomic E-state index is 5.77. The predicted molar refractivity (Wildman–Crippen MR) is 77.8 cm³/mol. The highest BCUT2D eigenvalue weighted by atomic mass is 79.9. The van der Waals surface area contributed by atoms with Gasteiger partial charge in [-0.2, -0.15) is 0 Å². The van der Waals surface area contributed by atoms with Crippen LogP contribution in [-0.4, -0.2) is 0 Å². The van der Waals surface area contributed by atoms with Crippen LogP contribution in [0.3, 0.4) is 0 Å².